The van der Waals surface area contributed by atoms with Crippen molar-refractivity contribution in [3.63, 3.8) is 0 Å². The molecule has 0 radical (unpaired) electrons. The number of rotatable bonds is 10. The Labute approximate surface area is 121 Å². The van der Waals surface area contributed by atoms with Gasteiger partial charge in [-0.15, -0.1) is 0 Å². The van der Waals surface area contributed by atoms with Gasteiger partial charge in [0.05, 0.1) is 0 Å². The SMILES string of the molecule is CCCC(NC)c1ccn(CC(=O)NCCCOC)c1. The van der Waals surface area contributed by atoms with Gasteiger partial charge in [0.1, 0.15) is 6.54 Å². The third-order valence-electron chi connectivity index (χ3n) is 3.28. The number of hydrogen-bond donors (Lipinski definition) is 2. The summed E-state index contributed by atoms with van der Waals surface area (Å²) in [6.07, 6.45) is 7.09. The van der Waals surface area contributed by atoms with Crippen LogP contribution in [0.3, 0.4) is 0 Å². The topological polar surface area (TPSA) is 55.3 Å². The Morgan fingerprint density at radius 3 is 2.95 bits per heavy atom. The number of hydrogen-bond acceptors (Lipinski definition) is 3. The highest BCUT2D eigenvalue weighted by molar-refractivity contribution is 5.75. The molecular formula is C15H27N3O2. The summed E-state index contributed by atoms with van der Waals surface area (Å²) in [6, 6.07) is 2.45. The lowest BCUT2D eigenvalue weighted by Crippen LogP contribution is -2.28. The third-order valence-corrected chi connectivity index (χ3v) is 3.28. The molecule has 5 heteroatoms. The van der Waals surface area contributed by atoms with Crippen LogP contribution in [0.15, 0.2) is 18.5 Å². The normalized spacial score (nSPS) is 12.3. The highest BCUT2D eigenvalue weighted by atomic mass is 16.5. The van der Waals surface area contributed by atoms with E-state index in [0.29, 0.717) is 25.7 Å². The predicted molar refractivity (Wildman–Crippen MR) is 80.6 cm³/mol. The Morgan fingerprint density at radius 2 is 2.30 bits per heavy atom. The zero-order valence-electron chi connectivity index (χ0n) is 12.8. The van der Waals surface area contributed by atoms with Gasteiger partial charge < -0.3 is 19.9 Å². The molecule has 0 saturated carbocycles. The number of nitrogens with one attached hydrogen (secondary N) is 2. The molecule has 0 saturated heterocycles. The van der Waals surface area contributed by atoms with Crippen molar-refractivity contribution in [1.29, 1.82) is 0 Å². The van der Waals surface area contributed by atoms with Gasteiger partial charge in [-0.3, -0.25) is 4.79 Å². The standard InChI is InChI=1S/C15H27N3O2/c1-4-6-14(16-2)13-7-9-18(11-13)12-15(19)17-8-5-10-20-3/h7,9,11,14,16H,4-6,8,10,12H2,1-3H3,(H,17,19). The van der Waals surface area contributed by atoms with E-state index in [0.717, 1.165) is 19.3 Å². The van der Waals surface area contributed by atoms with Gasteiger partial charge in [0, 0.05) is 38.7 Å². The van der Waals surface area contributed by atoms with Crippen molar-refractivity contribution in [2.75, 3.05) is 27.3 Å². The molecule has 1 unspecified atom stereocenters. The van der Waals surface area contributed by atoms with Gasteiger partial charge in [-0.25, -0.2) is 0 Å². The molecule has 0 aliphatic carbocycles. The Bertz CT molecular complexity index is 390. The maximum Gasteiger partial charge on any atom is 0.239 e. The van der Waals surface area contributed by atoms with Crippen LogP contribution in [0.5, 0.6) is 0 Å². The lowest BCUT2D eigenvalue weighted by Gasteiger charge is -2.13. The second-order valence-electron chi connectivity index (χ2n) is 4.94. The molecule has 1 amide bonds. The lowest BCUT2D eigenvalue weighted by atomic mass is 10.1. The van der Waals surface area contributed by atoms with Crippen LogP contribution in [-0.4, -0.2) is 37.8 Å². The molecule has 1 aromatic rings. The van der Waals surface area contributed by atoms with Crippen molar-refractivity contribution in [3.05, 3.63) is 24.0 Å². The summed E-state index contributed by atoms with van der Waals surface area (Å²) in [6.45, 7) is 3.88. The lowest BCUT2D eigenvalue weighted by molar-refractivity contribution is -0.121. The van der Waals surface area contributed by atoms with Gasteiger partial charge in [0.15, 0.2) is 0 Å². The Kier molecular flexibility index (Phi) is 7.99. The molecular weight excluding hydrogens is 254 g/mol. The molecule has 1 heterocycles. The van der Waals surface area contributed by atoms with E-state index in [1.165, 1.54) is 5.56 Å². The van der Waals surface area contributed by atoms with E-state index >= 15 is 0 Å². The zero-order chi connectivity index (χ0) is 14.8. The van der Waals surface area contributed by atoms with Crippen LogP contribution in [0.25, 0.3) is 0 Å². The molecule has 20 heavy (non-hydrogen) atoms. The molecule has 0 aliphatic heterocycles. The first-order valence-corrected chi connectivity index (χ1v) is 7.29. The van der Waals surface area contributed by atoms with Crippen molar-refractivity contribution in [2.45, 2.75) is 38.8 Å². The molecule has 0 bridgehead atoms. The molecule has 1 rings (SSSR count). The minimum absolute atomic E-state index is 0.0414. The number of carbonyl (C=O) groups excluding carboxylic acids is 1. The van der Waals surface area contributed by atoms with Crippen LogP contribution in [0.1, 0.15) is 37.8 Å². The molecule has 0 fully saturated rings. The number of carbonyl (C=O) groups is 1. The fourth-order valence-electron chi connectivity index (χ4n) is 2.20. The average molecular weight is 281 g/mol. The van der Waals surface area contributed by atoms with Crippen LogP contribution in [0.2, 0.25) is 0 Å². The molecule has 114 valence electrons. The summed E-state index contributed by atoms with van der Waals surface area (Å²) in [5.74, 6) is 0.0414. The van der Waals surface area contributed by atoms with Gasteiger partial charge in [-0.2, -0.15) is 0 Å². The van der Waals surface area contributed by atoms with Gasteiger partial charge >= 0.3 is 0 Å². The van der Waals surface area contributed by atoms with Crippen LogP contribution < -0.4 is 10.6 Å². The number of ether oxygens (including phenoxy) is 1. The van der Waals surface area contributed by atoms with Crippen LogP contribution in [0, 0.1) is 0 Å². The highest BCUT2D eigenvalue weighted by Crippen LogP contribution is 2.18. The summed E-state index contributed by atoms with van der Waals surface area (Å²) in [4.78, 5) is 11.8. The van der Waals surface area contributed by atoms with Crippen LogP contribution in [-0.2, 0) is 16.1 Å². The fraction of sp³-hybridized carbons (Fsp3) is 0.667. The van der Waals surface area contributed by atoms with E-state index in [1.54, 1.807) is 7.11 Å². The molecule has 5 nitrogen and oxygen atoms in total. The largest absolute Gasteiger partial charge is 0.385 e. The van der Waals surface area contributed by atoms with Crippen molar-refractivity contribution in [1.82, 2.24) is 15.2 Å². The fourth-order valence-corrected chi connectivity index (χ4v) is 2.20. The van der Waals surface area contributed by atoms with Crippen molar-refractivity contribution in [2.24, 2.45) is 0 Å². The minimum Gasteiger partial charge on any atom is -0.385 e. The number of amides is 1. The van der Waals surface area contributed by atoms with Crippen molar-refractivity contribution >= 4 is 5.91 Å². The van der Waals surface area contributed by atoms with Crippen LogP contribution in [0.4, 0.5) is 0 Å². The summed E-state index contributed by atoms with van der Waals surface area (Å²) in [5, 5.41) is 6.19. The van der Waals surface area contributed by atoms with E-state index in [4.69, 9.17) is 4.74 Å². The van der Waals surface area contributed by atoms with Gasteiger partial charge in [-0.1, -0.05) is 13.3 Å². The number of aromatic nitrogens is 1. The molecule has 2 N–H and O–H groups in total. The monoisotopic (exact) mass is 281 g/mol. The zero-order valence-corrected chi connectivity index (χ0v) is 12.8. The molecule has 0 aromatic carbocycles. The summed E-state index contributed by atoms with van der Waals surface area (Å²) >= 11 is 0. The highest BCUT2D eigenvalue weighted by Gasteiger charge is 2.10. The van der Waals surface area contributed by atoms with E-state index in [1.807, 2.05) is 24.0 Å². The van der Waals surface area contributed by atoms with E-state index in [2.05, 4.69) is 23.6 Å². The molecule has 1 atom stereocenters. The number of nitrogens with zero attached hydrogens (tertiary/aromatic N) is 1. The predicted octanol–water partition coefficient (Wildman–Crippen LogP) is 1.70. The minimum atomic E-state index is 0.0414. The second-order valence-corrected chi connectivity index (χ2v) is 4.94. The first-order chi connectivity index (χ1) is 9.71. The Hall–Kier alpha value is -1.33. The van der Waals surface area contributed by atoms with Crippen molar-refractivity contribution in [3.8, 4) is 0 Å². The summed E-state index contributed by atoms with van der Waals surface area (Å²) in [5.41, 5.74) is 1.24. The first kappa shape index (κ1) is 16.7. The van der Waals surface area contributed by atoms with E-state index < -0.39 is 0 Å². The quantitative estimate of drug-likeness (QED) is 0.642. The second kappa shape index (κ2) is 9.55. The van der Waals surface area contributed by atoms with Crippen LogP contribution >= 0.6 is 0 Å². The van der Waals surface area contributed by atoms with Crippen molar-refractivity contribution < 1.29 is 9.53 Å². The maximum absolute atomic E-state index is 11.8. The molecule has 0 spiro atoms. The average Bonchev–Trinajstić information content (AvgIpc) is 2.89. The molecule has 1 aromatic heterocycles. The van der Waals surface area contributed by atoms with Gasteiger partial charge in [0.2, 0.25) is 5.91 Å². The van der Waals surface area contributed by atoms with Gasteiger partial charge in [-0.05, 0) is 31.5 Å². The van der Waals surface area contributed by atoms with E-state index in [9.17, 15) is 4.79 Å². The number of methoxy groups -OCH3 is 1. The van der Waals surface area contributed by atoms with E-state index in [-0.39, 0.29) is 5.91 Å². The van der Waals surface area contributed by atoms with Gasteiger partial charge in [0.25, 0.3) is 0 Å². The Morgan fingerprint density at radius 1 is 1.50 bits per heavy atom. The first-order valence-electron chi connectivity index (χ1n) is 7.29. The molecule has 0 aliphatic rings. The summed E-state index contributed by atoms with van der Waals surface area (Å²) < 4.78 is 6.87. The smallest absolute Gasteiger partial charge is 0.239 e. The Balaban J connectivity index is 2.40. The maximum atomic E-state index is 11.8. The summed E-state index contributed by atoms with van der Waals surface area (Å²) in [7, 11) is 3.64. The third kappa shape index (κ3) is 5.75.